The molecule has 1 aliphatic heterocycles. The zero-order valence-corrected chi connectivity index (χ0v) is 13.1. The van der Waals surface area contributed by atoms with Crippen LogP contribution in [0.15, 0.2) is 30.3 Å². The molecule has 0 saturated carbocycles. The summed E-state index contributed by atoms with van der Waals surface area (Å²) in [5.74, 6) is -1.00. The summed E-state index contributed by atoms with van der Waals surface area (Å²) >= 11 is 1.27. The predicted molar refractivity (Wildman–Crippen MR) is 81.7 cm³/mol. The molecule has 2 heterocycles. The number of carbonyl (C=O) groups excluding carboxylic acids is 2. The summed E-state index contributed by atoms with van der Waals surface area (Å²) in [6.07, 6.45) is -0.634. The molecular formula is C16H15NO4S. The fourth-order valence-electron chi connectivity index (χ4n) is 2.29. The molecule has 0 unspecified atom stereocenters. The van der Waals surface area contributed by atoms with E-state index in [0.717, 1.165) is 10.6 Å². The molecule has 114 valence electrons. The topological polar surface area (TPSA) is 65.5 Å². The number of aryl methyl sites for hydroxylation is 1. The second-order valence-corrected chi connectivity index (χ2v) is 6.18. The van der Waals surface area contributed by atoms with Gasteiger partial charge in [0.1, 0.15) is 16.0 Å². The van der Waals surface area contributed by atoms with Crippen LogP contribution in [0, 0.1) is 6.92 Å². The summed E-state index contributed by atoms with van der Waals surface area (Å²) in [7, 11) is 0. The molecule has 1 aromatic carbocycles. The number of carbonyl (C=O) groups is 2. The maximum atomic E-state index is 12.3. The number of aromatic nitrogens is 1. The first kappa shape index (κ1) is 14.7. The zero-order chi connectivity index (χ0) is 15.7. The second kappa shape index (κ2) is 5.88. The quantitative estimate of drug-likeness (QED) is 0.814. The lowest BCUT2D eigenvalue weighted by Crippen LogP contribution is -2.22. The maximum absolute atomic E-state index is 12.3. The molecule has 22 heavy (non-hydrogen) atoms. The Morgan fingerprint density at radius 1 is 1.36 bits per heavy atom. The Balaban J connectivity index is 1.79. The van der Waals surface area contributed by atoms with E-state index >= 15 is 0 Å². The minimum absolute atomic E-state index is 0.215. The molecule has 1 aromatic heterocycles. The third-order valence-corrected chi connectivity index (χ3v) is 4.56. The van der Waals surface area contributed by atoms with Crippen molar-refractivity contribution in [2.75, 3.05) is 0 Å². The molecule has 0 spiro atoms. The van der Waals surface area contributed by atoms with E-state index in [1.807, 2.05) is 30.3 Å². The number of benzene rings is 1. The lowest BCUT2D eigenvalue weighted by Gasteiger charge is -2.06. The van der Waals surface area contributed by atoms with Gasteiger partial charge in [0.25, 0.3) is 0 Å². The molecule has 1 fully saturated rings. The van der Waals surface area contributed by atoms with E-state index in [4.69, 9.17) is 9.47 Å². The molecule has 2 aromatic rings. The minimum Gasteiger partial charge on any atom is -0.460 e. The van der Waals surface area contributed by atoms with Crippen molar-refractivity contribution >= 4 is 23.3 Å². The zero-order valence-electron chi connectivity index (χ0n) is 12.2. The first-order chi connectivity index (χ1) is 10.5. The Labute approximate surface area is 131 Å². The normalized spacial score (nSPS) is 20.7. The van der Waals surface area contributed by atoms with Gasteiger partial charge in [-0.3, -0.25) is 0 Å². The highest BCUT2D eigenvalue weighted by Gasteiger charge is 2.36. The van der Waals surface area contributed by atoms with Gasteiger partial charge in [0.15, 0.2) is 0 Å². The highest BCUT2D eigenvalue weighted by atomic mass is 32.1. The molecule has 2 atom stereocenters. The second-order valence-electron chi connectivity index (χ2n) is 5.18. The summed E-state index contributed by atoms with van der Waals surface area (Å²) in [5.41, 5.74) is 1.55. The number of ether oxygens (including phenoxy) is 2. The average molecular weight is 317 g/mol. The van der Waals surface area contributed by atoms with Crippen LogP contribution in [0.25, 0.3) is 10.6 Å². The molecule has 0 aliphatic carbocycles. The van der Waals surface area contributed by atoms with Crippen LogP contribution in [0.1, 0.15) is 28.7 Å². The largest absolute Gasteiger partial charge is 0.460 e. The molecule has 0 N–H and O–H groups in total. The van der Waals surface area contributed by atoms with Crippen LogP contribution in [-0.2, 0) is 14.3 Å². The highest BCUT2D eigenvalue weighted by molar-refractivity contribution is 7.17. The first-order valence-corrected chi connectivity index (χ1v) is 7.80. The van der Waals surface area contributed by atoms with Gasteiger partial charge in [-0.15, -0.1) is 11.3 Å². The van der Waals surface area contributed by atoms with Gasteiger partial charge in [-0.25, -0.2) is 14.6 Å². The van der Waals surface area contributed by atoms with Gasteiger partial charge >= 0.3 is 11.9 Å². The lowest BCUT2D eigenvalue weighted by molar-refractivity contribution is -0.147. The molecule has 0 radical (unpaired) electrons. The van der Waals surface area contributed by atoms with E-state index in [1.165, 1.54) is 11.3 Å². The fraction of sp³-hybridized carbons (Fsp3) is 0.312. The van der Waals surface area contributed by atoms with E-state index in [-0.39, 0.29) is 6.10 Å². The van der Waals surface area contributed by atoms with Crippen LogP contribution in [0.5, 0.6) is 0 Å². The van der Waals surface area contributed by atoms with E-state index in [9.17, 15) is 9.59 Å². The van der Waals surface area contributed by atoms with Gasteiger partial charge < -0.3 is 9.47 Å². The predicted octanol–water partition coefficient (Wildman–Crippen LogP) is 2.98. The Morgan fingerprint density at radius 2 is 2.09 bits per heavy atom. The van der Waals surface area contributed by atoms with Crippen molar-refractivity contribution in [2.45, 2.75) is 32.5 Å². The lowest BCUT2D eigenvalue weighted by atomic mass is 10.2. The van der Waals surface area contributed by atoms with Gasteiger partial charge in [-0.1, -0.05) is 30.3 Å². The van der Waals surface area contributed by atoms with Gasteiger partial charge in [-0.2, -0.15) is 0 Å². The van der Waals surface area contributed by atoms with Crippen molar-refractivity contribution < 1.29 is 19.1 Å². The monoisotopic (exact) mass is 317 g/mol. The molecule has 1 saturated heterocycles. The third kappa shape index (κ3) is 2.87. The van der Waals surface area contributed by atoms with Crippen LogP contribution in [0.3, 0.4) is 0 Å². The molecule has 1 aliphatic rings. The van der Waals surface area contributed by atoms with Crippen molar-refractivity contribution in [2.24, 2.45) is 0 Å². The molecule has 0 amide bonds. The van der Waals surface area contributed by atoms with E-state index in [1.54, 1.807) is 13.8 Å². The van der Waals surface area contributed by atoms with Crippen LogP contribution in [0.2, 0.25) is 0 Å². The standard InChI is InChI=1S/C16H15NO4S/c1-9-8-12(15(18)20-9)21-16(19)13-10(2)17-14(22-13)11-6-4-3-5-7-11/h3-7,9,12H,8H2,1-2H3/t9-,12-/m1/s1. The minimum atomic E-state index is -0.816. The molecule has 6 heteroatoms. The number of rotatable bonds is 3. The highest BCUT2D eigenvalue weighted by Crippen LogP contribution is 2.29. The van der Waals surface area contributed by atoms with Crippen molar-refractivity contribution in [3.05, 3.63) is 40.9 Å². The van der Waals surface area contributed by atoms with Crippen LogP contribution in [0.4, 0.5) is 0 Å². The summed E-state index contributed by atoms with van der Waals surface area (Å²) in [6, 6.07) is 9.62. The van der Waals surface area contributed by atoms with E-state index in [2.05, 4.69) is 4.98 Å². The van der Waals surface area contributed by atoms with Crippen LogP contribution >= 0.6 is 11.3 Å². The van der Waals surface area contributed by atoms with E-state index < -0.39 is 18.0 Å². The number of nitrogens with zero attached hydrogens (tertiary/aromatic N) is 1. The Morgan fingerprint density at radius 3 is 2.73 bits per heavy atom. The average Bonchev–Trinajstić information content (AvgIpc) is 3.03. The third-order valence-electron chi connectivity index (χ3n) is 3.38. The summed E-state index contributed by atoms with van der Waals surface area (Å²) in [6.45, 7) is 3.53. The number of hydrogen-bond acceptors (Lipinski definition) is 6. The molecule has 3 rings (SSSR count). The first-order valence-electron chi connectivity index (χ1n) is 6.99. The number of esters is 2. The van der Waals surface area contributed by atoms with Gasteiger partial charge in [0, 0.05) is 12.0 Å². The SMILES string of the molecule is Cc1nc(-c2ccccc2)sc1C(=O)O[C@@H]1C[C@@H](C)OC1=O. The van der Waals surface area contributed by atoms with Crippen LogP contribution in [-0.4, -0.2) is 29.1 Å². The molecular weight excluding hydrogens is 302 g/mol. The Bertz CT molecular complexity index is 710. The van der Waals surface area contributed by atoms with Crippen molar-refractivity contribution in [3.8, 4) is 10.6 Å². The Hall–Kier alpha value is -2.21. The van der Waals surface area contributed by atoms with Gasteiger partial charge in [0.2, 0.25) is 6.10 Å². The van der Waals surface area contributed by atoms with Crippen LogP contribution < -0.4 is 0 Å². The summed E-state index contributed by atoms with van der Waals surface area (Å²) in [5, 5.41) is 0.757. The number of thiazole rings is 1. The van der Waals surface area contributed by atoms with Gasteiger partial charge in [0.05, 0.1) is 5.69 Å². The maximum Gasteiger partial charge on any atom is 0.351 e. The van der Waals surface area contributed by atoms with Crippen molar-refractivity contribution in [1.82, 2.24) is 4.98 Å². The molecule has 5 nitrogen and oxygen atoms in total. The Kier molecular flexibility index (Phi) is 3.94. The van der Waals surface area contributed by atoms with E-state index in [0.29, 0.717) is 17.0 Å². The smallest absolute Gasteiger partial charge is 0.351 e. The van der Waals surface area contributed by atoms with Gasteiger partial charge in [-0.05, 0) is 13.8 Å². The number of cyclic esters (lactones) is 1. The fourth-order valence-corrected chi connectivity index (χ4v) is 3.24. The summed E-state index contributed by atoms with van der Waals surface area (Å²) in [4.78, 5) is 28.6. The molecule has 0 bridgehead atoms. The van der Waals surface area contributed by atoms with Crippen molar-refractivity contribution in [1.29, 1.82) is 0 Å². The van der Waals surface area contributed by atoms with Crippen molar-refractivity contribution in [3.63, 3.8) is 0 Å². The summed E-state index contributed by atoms with van der Waals surface area (Å²) < 4.78 is 10.3. The number of hydrogen-bond donors (Lipinski definition) is 0.